The number of hydrogen-bond acceptors (Lipinski definition) is 4. The van der Waals surface area contributed by atoms with Crippen LogP contribution in [0.1, 0.15) is 12.8 Å². The van der Waals surface area contributed by atoms with Crippen molar-refractivity contribution in [2.45, 2.75) is 20.3 Å². The van der Waals surface area contributed by atoms with E-state index in [1.165, 1.54) is 0 Å². The van der Waals surface area contributed by atoms with Crippen LogP contribution in [0.2, 0.25) is 0 Å². The SMILES string of the molecule is O=C(/C=C/C(=O)OCCC(Br)Br)OCCC(Br)Br. The summed E-state index contributed by atoms with van der Waals surface area (Å²) in [7, 11) is 0. The summed E-state index contributed by atoms with van der Waals surface area (Å²) in [5.74, 6) is -1.13. The molecule has 0 saturated heterocycles. The molecule has 0 N–H and O–H groups in total. The van der Waals surface area contributed by atoms with Gasteiger partial charge in [-0.05, 0) is 0 Å². The van der Waals surface area contributed by atoms with Gasteiger partial charge < -0.3 is 9.47 Å². The van der Waals surface area contributed by atoms with Crippen LogP contribution < -0.4 is 0 Å². The minimum absolute atomic E-state index is 0.105. The minimum atomic E-state index is -0.563. The van der Waals surface area contributed by atoms with Gasteiger partial charge in [0.15, 0.2) is 0 Å². The summed E-state index contributed by atoms with van der Waals surface area (Å²) in [6, 6.07) is 0. The molecule has 0 aliphatic carbocycles. The predicted molar refractivity (Wildman–Crippen MR) is 83.6 cm³/mol. The monoisotopic (exact) mass is 512 g/mol. The summed E-state index contributed by atoms with van der Waals surface area (Å²) < 4.78 is 9.88. The average molecular weight is 516 g/mol. The van der Waals surface area contributed by atoms with E-state index in [1.54, 1.807) is 0 Å². The molecule has 0 rings (SSSR count). The first-order valence-corrected chi connectivity index (χ1v) is 8.66. The van der Waals surface area contributed by atoms with E-state index in [2.05, 4.69) is 63.7 Å². The van der Waals surface area contributed by atoms with Crippen molar-refractivity contribution in [2.24, 2.45) is 0 Å². The number of alkyl halides is 4. The molecule has 0 aromatic heterocycles. The molecule has 4 nitrogen and oxygen atoms in total. The Bertz CT molecular complexity index is 264. The van der Waals surface area contributed by atoms with E-state index < -0.39 is 11.9 Å². The first-order chi connectivity index (χ1) is 8.41. The maximum Gasteiger partial charge on any atom is 0.331 e. The number of rotatable bonds is 8. The molecule has 104 valence electrons. The van der Waals surface area contributed by atoms with Gasteiger partial charge in [0, 0.05) is 25.0 Å². The maximum absolute atomic E-state index is 11.1. The van der Waals surface area contributed by atoms with Crippen molar-refractivity contribution < 1.29 is 19.1 Å². The molecule has 0 aromatic rings. The lowest BCUT2D eigenvalue weighted by atomic mass is 10.5. The zero-order chi connectivity index (χ0) is 14.0. The lowest BCUT2D eigenvalue weighted by Gasteiger charge is -2.03. The highest BCUT2D eigenvalue weighted by atomic mass is 79.9. The van der Waals surface area contributed by atoms with Gasteiger partial charge >= 0.3 is 11.9 Å². The van der Waals surface area contributed by atoms with Gasteiger partial charge in [0.1, 0.15) is 0 Å². The number of ether oxygens (including phenoxy) is 2. The fourth-order valence-corrected chi connectivity index (χ4v) is 1.48. The normalized spacial score (nSPS) is 11.2. The largest absolute Gasteiger partial charge is 0.462 e. The highest BCUT2D eigenvalue weighted by Crippen LogP contribution is 2.12. The van der Waals surface area contributed by atoms with Crippen LogP contribution in [0.3, 0.4) is 0 Å². The van der Waals surface area contributed by atoms with Gasteiger partial charge in [-0.2, -0.15) is 0 Å². The van der Waals surface area contributed by atoms with Crippen LogP contribution >= 0.6 is 63.7 Å². The van der Waals surface area contributed by atoms with E-state index in [9.17, 15) is 9.59 Å². The molecule has 0 aliphatic heterocycles. The van der Waals surface area contributed by atoms with Crippen LogP contribution in [-0.4, -0.2) is 32.6 Å². The lowest BCUT2D eigenvalue weighted by Crippen LogP contribution is -2.07. The number of hydrogen-bond donors (Lipinski definition) is 0. The quantitative estimate of drug-likeness (QED) is 0.281. The summed E-state index contributed by atoms with van der Waals surface area (Å²) in [5.41, 5.74) is 0. The van der Waals surface area contributed by atoms with Crippen LogP contribution in [0.5, 0.6) is 0 Å². The number of esters is 2. The van der Waals surface area contributed by atoms with Crippen molar-refractivity contribution in [1.82, 2.24) is 0 Å². The Hall–Kier alpha value is 0.600. The van der Waals surface area contributed by atoms with E-state index in [0.29, 0.717) is 12.8 Å². The summed E-state index contributed by atoms with van der Waals surface area (Å²) in [6.07, 6.45) is 3.39. The third-order valence-electron chi connectivity index (χ3n) is 1.52. The lowest BCUT2D eigenvalue weighted by molar-refractivity contribution is -0.140. The van der Waals surface area contributed by atoms with Gasteiger partial charge in [0.25, 0.3) is 0 Å². The molecule has 0 amide bonds. The fourth-order valence-electron chi connectivity index (χ4n) is 0.730. The Balaban J connectivity index is 3.71. The molecule has 0 unspecified atom stereocenters. The van der Waals surface area contributed by atoms with Gasteiger partial charge in [0.2, 0.25) is 0 Å². The van der Waals surface area contributed by atoms with Crippen molar-refractivity contribution >= 4 is 75.7 Å². The Morgan fingerprint density at radius 1 is 0.833 bits per heavy atom. The van der Waals surface area contributed by atoms with E-state index in [4.69, 9.17) is 9.47 Å². The Morgan fingerprint density at radius 2 is 1.17 bits per heavy atom. The van der Waals surface area contributed by atoms with Crippen molar-refractivity contribution in [1.29, 1.82) is 0 Å². The topological polar surface area (TPSA) is 52.6 Å². The predicted octanol–water partition coefficient (Wildman–Crippen LogP) is 3.64. The first-order valence-electron chi connectivity index (χ1n) is 4.99. The Morgan fingerprint density at radius 3 is 1.44 bits per heavy atom. The molecule has 0 saturated carbocycles. The average Bonchev–Trinajstić information content (AvgIpc) is 2.25. The summed E-state index contributed by atoms with van der Waals surface area (Å²) in [6.45, 7) is 0.544. The molecular formula is C10H12Br4O4. The fraction of sp³-hybridized carbons (Fsp3) is 0.600. The summed E-state index contributed by atoms with van der Waals surface area (Å²) in [4.78, 5) is 22.3. The molecule has 0 atom stereocenters. The van der Waals surface area contributed by atoms with Crippen LogP contribution in [0, 0.1) is 0 Å². The van der Waals surface area contributed by atoms with E-state index in [1.807, 2.05) is 0 Å². The van der Waals surface area contributed by atoms with Gasteiger partial charge in [-0.15, -0.1) is 0 Å². The molecule has 0 fully saturated rings. The second-order valence-corrected chi connectivity index (χ2v) is 9.91. The number of halogens is 4. The standard InChI is InChI=1S/C10H12Br4O4/c11-7(12)3-5-17-9(15)1-2-10(16)18-6-4-8(13)14/h1-2,7-8H,3-6H2/b2-1+. The number of carbonyl (C=O) groups excluding carboxylic acids is 2. The van der Waals surface area contributed by atoms with E-state index >= 15 is 0 Å². The van der Waals surface area contributed by atoms with Crippen LogP contribution in [-0.2, 0) is 19.1 Å². The zero-order valence-corrected chi connectivity index (χ0v) is 15.6. The van der Waals surface area contributed by atoms with Gasteiger partial charge in [-0.3, -0.25) is 0 Å². The molecular weight excluding hydrogens is 504 g/mol. The second-order valence-electron chi connectivity index (χ2n) is 3.03. The molecule has 0 radical (unpaired) electrons. The highest BCUT2D eigenvalue weighted by Gasteiger charge is 2.04. The van der Waals surface area contributed by atoms with Crippen molar-refractivity contribution in [3.8, 4) is 0 Å². The van der Waals surface area contributed by atoms with Gasteiger partial charge in [0.05, 0.1) is 20.7 Å². The Labute approximate surface area is 139 Å². The van der Waals surface area contributed by atoms with Crippen LogP contribution in [0.4, 0.5) is 0 Å². The number of carbonyl (C=O) groups is 2. The first kappa shape index (κ1) is 18.6. The van der Waals surface area contributed by atoms with E-state index in [-0.39, 0.29) is 20.7 Å². The minimum Gasteiger partial charge on any atom is -0.462 e. The molecule has 0 aliphatic rings. The molecule has 0 aromatic carbocycles. The highest BCUT2D eigenvalue weighted by molar-refractivity contribution is 9.25. The summed E-state index contributed by atoms with van der Waals surface area (Å²) in [5, 5.41) is 0. The molecule has 8 heteroatoms. The molecule has 18 heavy (non-hydrogen) atoms. The smallest absolute Gasteiger partial charge is 0.331 e. The molecule has 0 heterocycles. The van der Waals surface area contributed by atoms with Gasteiger partial charge in [-0.1, -0.05) is 63.7 Å². The Kier molecular flexibility index (Phi) is 11.8. The molecule has 0 bridgehead atoms. The second kappa shape index (κ2) is 11.4. The van der Waals surface area contributed by atoms with Crippen molar-refractivity contribution in [2.75, 3.05) is 13.2 Å². The maximum atomic E-state index is 11.1. The zero-order valence-electron chi connectivity index (χ0n) is 9.28. The van der Waals surface area contributed by atoms with Crippen molar-refractivity contribution in [3.63, 3.8) is 0 Å². The third kappa shape index (κ3) is 13.0. The summed E-state index contributed by atoms with van der Waals surface area (Å²) >= 11 is 13.0. The van der Waals surface area contributed by atoms with E-state index in [0.717, 1.165) is 12.2 Å². The van der Waals surface area contributed by atoms with Crippen LogP contribution in [0.25, 0.3) is 0 Å². The van der Waals surface area contributed by atoms with Gasteiger partial charge in [-0.25, -0.2) is 9.59 Å². The third-order valence-corrected chi connectivity index (χ3v) is 3.35. The van der Waals surface area contributed by atoms with Crippen molar-refractivity contribution in [3.05, 3.63) is 12.2 Å². The molecule has 0 spiro atoms. The van der Waals surface area contributed by atoms with Crippen LogP contribution in [0.15, 0.2) is 12.2 Å².